The standard InChI is InChI=1S/C20H34N2O6/c1-6-25-8-10-27-17(23)21-15-20(5)13-16(12-19(3,4)14-20)22-18(24)28-11-9-26-7-2/h6-7,16H,1-2,8-15H2,3-5H3,(H,21,23)(H,22,24). The van der Waals surface area contributed by atoms with Gasteiger partial charge in [-0.3, -0.25) is 0 Å². The van der Waals surface area contributed by atoms with E-state index in [1.807, 2.05) is 0 Å². The Kier molecular flexibility index (Phi) is 9.68. The molecule has 8 heteroatoms. The van der Waals surface area contributed by atoms with Crippen molar-refractivity contribution in [3.05, 3.63) is 25.7 Å². The topological polar surface area (TPSA) is 95.1 Å². The van der Waals surface area contributed by atoms with Crippen LogP contribution in [0, 0.1) is 10.8 Å². The van der Waals surface area contributed by atoms with Gasteiger partial charge in [-0.2, -0.15) is 0 Å². The summed E-state index contributed by atoms with van der Waals surface area (Å²) in [6, 6.07) is -0.0413. The maximum absolute atomic E-state index is 12.0. The Hall–Kier alpha value is -2.38. The zero-order valence-electron chi connectivity index (χ0n) is 17.3. The fraction of sp³-hybridized carbons (Fsp3) is 0.700. The molecule has 0 bridgehead atoms. The van der Waals surface area contributed by atoms with Crippen molar-refractivity contribution in [2.45, 2.75) is 46.1 Å². The summed E-state index contributed by atoms with van der Waals surface area (Å²) in [5.41, 5.74) is -0.164. The van der Waals surface area contributed by atoms with E-state index in [9.17, 15) is 9.59 Å². The molecule has 0 aromatic carbocycles. The van der Waals surface area contributed by atoms with E-state index < -0.39 is 12.2 Å². The fourth-order valence-corrected chi connectivity index (χ4v) is 3.95. The van der Waals surface area contributed by atoms with Crippen molar-refractivity contribution in [3.8, 4) is 0 Å². The summed E-state index contributed by atoms with van der Waals surface area (Å²) in [7, 11) is 0. The summed E-state index contributed by atoms with van der Waals surface area (Å²) in [4.78, 5) is 23.9. The van der Waals surface area contributed by atoms with Crippen LogP contribution in [0.1, 0.15) is 40.0 Å². The van der Waals surface area contributed by atoms with Crippen molar-refractivity contribution in [1.82, 2.24) is 10.6 Å². The molecule has 0 heterocycles. The van der Waals surface area contributed by atoms with Crippen LogP contribution in [0.2, 0.25) is 0 Å². The normalized spacial score (nSPS) is 23.0. The molecule has 28 heavy (non-hydrogen) atoms. The van der Waals surface area contributed by atoms with E-state index in [4.69, 9.17) is 18.9 Å². The molecule has 0 saturated heterocycles. The van der Waals surface area contributed by atoms with Gasteiger partial charge < -0.3 is 29.6 Å². The number of ether oxygens (including phenoxy) is 4. The molecule has 160 valence electrons. The summed E-state index contributed by atoms with van der Waals surface area (Å²) >= 11 is 0. The molecule has 1 rings (SSSR count). The molecule has 0 aliphatic heterocycles. The predicted molar refractivity (Wildman–Crippen MR) is 106 cm³/mol. The van der Waals surface area contributed by atoms with E-state index in [1.54, 1.807) is 0 Å². The van der Waals surface area contributed by atoms with E-state index >= 15 is 0 Å². The van der Waals surface area contributed by atoms with Crippen molar-refractivity contribution in [2.75, 3.05) is 33.0 Å². The lowest BCUT2D eigenvalue weighted by atomic mass is 9.62. The van der Waals surface area contributed by atoms with Gasteiger partial charge in [0.1, 0.15) is 26.4 Å². The molecule has 2 N–H and O–H groups in total. The largest absolute Gasteiger partial charge is 0.498 e. The van der Waals surface area contributed by atoms with Crippen LogP contribution < -0.4 is 10.6 Å². The first kappa shape index (κ1) is 23.7. The summed E-state index contributed by atoms with van der Waals surface area (Å²) in [5, 5.41) is 5.75. The zero-order chi connectivity index (χ0) is 21.0. The molecule has 2 amide bonds. The molecule has 1 aliphatic rings. The molecule has 0 aromatic heterocycles. The van der Waals surface area contributed by atoms with Crippen molar-refractivity contribution in [3.63, 3.8) is 0 Å². The number of carbonyl (C=O) groups excluding carboxylic acids is 2. The van der Waals surface area contributed by atoms with Crippen LogP contribution >= 0.6 is 0 Å². The minimum Gasteiger partial charge on any atom is -0.498 e. The Morgan fingerprint density at radius 1 is 0.964 bits per heavy atom. The molecular weight excluding hydrogens is 364 g/mol. The lowest BCUT2D eigenvalue weighted by molar-refractivity contribution is 0.0579. The monoisotopic (exact) mass is 398 g/mol. The van der Waals surface area contributed by atoms with Gasteiger partial charge in [0.15, 0.2) is 0 Å². The molecule has 0 spiro atoms. The molecule has 1 fully saturated rings. The van der Waals surface area contributed by atoms with Crippen molar-refractivity contribution in [1.29, 1.82) is 0 Å². The van der Waals surface area contributed by atoms with Crippen LogP contribution in [0.5, 0.6) is 0 Å². The Balaban J connectivity index is 2.49. The molecule has 0 aromatic rings. The third kappa shape index (κ3) is 9.53. The fourth-order valence-electron chi connectivity index (χ4n) is 3.95. The number of hydrogen-bond donors (Lipinski definition) is 2. The summed E-state index contributed by atoms with van der Waals surface area (Å²) in [6.07, 6.45) is 4.15. The van der Waals surface area contributed by atoms with E-state index in [-0.39, 0.29) is 43.3 Å². The van der Waals surface area contributed by atoms with Gasteiger partial charge in [0, 0.05) is 12.6 Å². The van der Waals surface area contributed by atoms with Crippen molar-refractivity contribution >= 4 is 12.2 Å². The van der Waals surface area contributed by atoms with Gasteiger partial charge >= 0.3 is 12.2 Å². The lowest BCUT2D eigenvalue weighted by Gasteiger charge is -2.46. The van der Waals surface area contributed by atoms with E-state index in [2.05, 4.69) is 44.6 Å². The van der Waals surface area contributed by atoms with Crippen LogP contribution in [0.25, 0.3) is 0 Å². The Morgan fingerprint density at radius 3 is 2.11 bits per heavy atom. The van der Waals surface area contributed by atoms with Crippen LogP contribution in [-0.2, 0) is 18.9 Å². The van der Waals surface area contributed by atoms with Crippen molar-refractivity contribution in [2.24, 2.45) is 10.8 Å². The average Bonchev–Trinajstić information content (AvgIpc) is 2.59. The number of amides is 2. The van der Waals surface area contributed by atoms with Crippen LogP contribution in [-0.4, -0.2) is 51.2 Å². The van der Waals surface area contributed by atoms with Gasteiger partial charge in [0.2, 0.25) is 0 Å². The molecule has 0 radical (unpaired) electrons. The lowest BCUT2D eigenvalue weighted by Crippen LogP contribution is -2.50. The predicted octanol–water partition coefficient (Wildman–Crippen LogP) is 3.34. The summed E-state index contributed by atoms with van der Waals surface area (Å²) in [5.74, 6) is 0. The van der Waals surface area contributed by atoms with E-state index in [1.165, 1.54) is 12.5 Å². The van der Waals surface area contributed by atoms with Crippen molar-refractivity contribution < 1.29 is 28.5 Å². The van der Waals surface area contributed by atoms with E-state index in [0.717, 1.165) is 19.3 Å². The average molecular weight is 399 g/mol. The third-order valence-electron chi connectivity index (χ3n) is 4.53. The molecular formula is C20H34N2O6. The number of nitrogens with one attached hydrogen (secondary N) is 2. The van der Waals surface area contributed by atoms with Gasteiger partial charge in [0.05, 0.1) is 12.5 Å². The van der Waals surface area contributed by atoms with Gasteiger partial charge in [-0.05, 0) is 30.1 Å². The van der Waals surface area contributed by atoms with Crippen LogP contribution in [0.3, 0.4) is 0 Å². The Morgan fingerprint density at radius 2 is 1.54 bits per heavy atom. The van der Waals surface area contributed by atoms with Crippen LogP contribution in [0.15, 0.2) is 25.7 Å². The maximum atomic E-state index is 12.0. The van der Waals surface area contributed by atoms with Crippen LogP contribution in [0.4, 0.5) is 9.59 Å². The Bertz CT molecular complexity index is 537. The Labute approximate surface area is 167 Å². The smallest absolute Gasteiger partial charge is 0.407 e. The van der Waals surface area contributed by atoms with Gasteiger partial charge in [-0.15, -0.1) is 0 Å². The van der Waals surface area contributed by atoms with Gasteiger partial charge in [-0.1, -0.05) is 33.9 Å². The van der Waals surface area contributed by atoms with Gasteiger partial charge in [-0.25, -0.2) is 9.59 Å². The second-order valence-electron chi connectivity index (χ2n) is 8.10. The highest BCUT2D eigenvalue weighted by molar-refractivity contribution is 5.68. The highest BCUT2D eigenvalue weighted by Crippen LogP contribution is 2.45. The second-order valence-corrected chi connectivity index (χ2v) is 8.10. The minimum atomic E-state index is -0.483. The first-order valence-corrected chi connectivity index (χ1v) is 9.49. The summed E-state index contributed by atoms with van der Waals surface area (Å²) < 4.78 is 20.0. The quantitative estimate of drug-likeness (QED) is 0.409. The number of alkyl carbamates (subject to hydrolysis) is 2. The zero-order valence-corrected chi connectivity index (χ0v) is 17.3. The molecule has 2 unspecified atom stereocenters. The number of hydrogen-bond acceptors (Lipinski definition) is 6. The highest BCUT2D eigenvalue weighted by Gasteiger charge is 2.42. The molecule has 8 nitrogen and oxygen atoms in total. The first-order chi connectivity index (χ1) is 13.2. The summed E-state index contributed by atoms with van der Waals surface area (Å²) in [6.45, 7) is 14.6. The third-order valence-corrected chi connectivity index (χ3v) is 4.53. The highest BCUT2D eigenvalue weighted by atomic mass is 16.6. The minimum absolute atomic E-state index is 0.0142. The first-order valence-electron chi connectivity index (χ1n) is 9.49. The maximum Gasteiger partial charge on any atom is 0.407 e. The second kappa shape index (κ2) is 11.5. The molecule has 1 aliphatic carbocycles. The number of rotatable bonds is 11. The van der Waals surface area contributed by atoms with E-state index in [0.29, 0.717) is 6.54 Å². The molecule has 1 saturated carbocycles. The molecule has 2 atom stereocenters. The number of carbonyl (C=O) groups is 2. The SMILES string of the molecule is C=COCCOC(=O)NCC1(C)CC(NC(=O)OCCOC=C)CC(C)(C)C1. The van der Waals surface area contributed by atoms with Gasteiger partial charge in [0.25, 0.3) is 0 Å².